The van der Waals surface area contributed by atoms with Gasteiger partial charge in [0, 0.05) is 43.0 Å². The fraction of sp³-hybridized carbons (Fsp3) is 0.529. The van der Waals surface area contributed by atoms with E-state index in [1.165, 1.54) is 0 Å². The molecule has 1 aromatic carbocycles. The Hall–Kier alpha value is -1.75. The number of nitrogens with zero attached hydrogens (tertiary/aromatic N) is 1. The van der Waals surface area contributed by atoms with Crippen LogP contribution in [0, 0.1) is 5.92 Å². The van der Waals surface area contributed by atoms with E-state index in [-0.39, 0.29) is 23.9 Å². The second-order valence-corrected chi connectivity index (χ2v) is 6.75. The Balaban J connectivity index is 1.61. The van der Waals surface area contributed by atoms with E-state index in [0.29, 0.717) is 24.5 Å². The van der Waals surface area contributed by atoms with Gasteiger partial charge in [0.25, 0.3) is 0 Å². The van der Waals surface area contributed by atoms with E-state index in [4.69, 9.17) is 11.6 Å². The van der Waals surface area contributed by atoms with E-state index in [2.05, 4.69) is 10.6 Å². The maximum Gasteiger partial charge on any atom is 0.317 e. The summed E-state index contributed by atoms with van der Waals surface area (Å²) >= 11 is 5.97. The van der Waals surface area contributed by atoms with Crippen molar-refractivity contribution in [1.82, 2.24) is 15.5 Å². The molecule has 6 heteroatoms. The van der Waals surface area contributed by atoms with Crippen LogP contribution in [0.15, 0.2) is 24.3 Å². The highest BCUT2D eigenvalue weighted by Crippen LogP contribution is 2.27. The molecule has 2 saturated heterocycles. The minimum atomic E-state index is -0.0472. The topological polar surface area (TPSA) is 61.4 Å². The third-order valence-electron chi connectivity index (χ3n) is 4.70. The Labute approximate surface area is 141 Å². The van der Waals surface area contributed by atoms with Crippen LogP contribution >= 0.6 is 11.6 Å². The van der Waals surface area contributed by atoms with Gasteiger partial charge in [-0.3, -0.25) is 4.79 Å². The third kappa shape index (κ3) is 3.96. The second-order valence-electron chi connectivity index (χ2n) is 6.31. The van der Waals surface area contributed by atoms with E-state index >= 15 is 0 Å². The van der Waals surface area contributed by atoms with Gasteiger partial charge in [-0.15, -0.1) is 0 Å². The molecule has 3 rings (SSSR count). The van der Waals surface area contributed by atoms with Crippen molar-refractivity contribution < 1.29 is 9.59 Å². The Morgan fingerprint density at radius 3 is 3.00 bits per heavy atom. The van der Waals surface area contributed by atoms with Crippen LogP contribution < -0.4 is 10.6 Å². The highest BCUT2D eigenvalue weighted by atomic mass is 35.5. The molecule has 3 amide bonds. The molecule has 124 valence electrons. The van der Waals surface area contributed by atoms with Crippen LogP contribution in [0.25, 0.3) is 0 Å². The average molecular weight is 336 g/mol. The maximum absolute atomic E-state index is 12.6. The lowest BCUT2D eigenvalue weighted by molar-refractivity contribution is -0.119. The lowest BCUT2D eigenvalue weighted by atomic mass is 9.90. The van der Waals surface area contributed by atoms with Crippen LogP contribution in [-0.4, -0.2) is 36.0 Å². The quantitative estimate of drug-likeness (QED) is 0.891. The predicted molar refractivity (Wildman–Crippen MR) is 89.1 cm³/mol. The van der Waals surface area contributed by atoms with Crippen LogP contribution in [0.4, 0.5) is 4.79 Å². The number of amides is 3. The summed E-state index contributed by atoms with van der Waals surface area (Å²) in [5.74, 6) is 0.333. The van der Waals surface area contributed by atoms with Gasteiger partial charge in [0.15, 0.2) is 0 Å². The fourth-order valence-corrected chi connectivity index (χ4v) is 3.74. The van der Waals surface area contributed by atoms with Gasteiger partial charge >= 0.3 is 6.03 Å². The number of rotatable bonds is 3. The molecule has 2 fully saturated rings. The Bertz CT molecular complexity index is 593. The zero-order valence-corrected chi connectivity index (χ0v) is 13.8. The number of nitrogens with one attached hydrogen (secondary N) is 2. The van der Waals surface area contributed by atoms with Gasteiger partial charge in [-0.25, -0.2) is 4.79 Å². The summed E-state index contributed by atoms with van der Waals surface area (Å²) < 4.78 is 0. The first-order valence-corrected chi connectivity index (χ1v) is 8.57. The number of urea groups is 1. The highest BCUT2D eigenvalue weighted by Gasteiger charge is 2.36. The molecule has 0 saturated carbocycles. The lowest BCUT2D eigenvalue weighted by Gasteiger charge is -2.38. The van der Waals surface area contributed by atoms with Gasteiger partial charge in [-0.05, 0) is 37.0 Å². The highest BCUT2D eigenvalue weighted by molar-refractivity contribution is 6.30. The van der Waals surface area contributed by atoms with Gasteiger partial charge in [-0.1, -0.05) is 23.7 Å². The van der Waals surface area contributed by atoms with Gasteiger partial charge in [0.2, 0.25) is 5.91 Å². The van der Waals surface area contributed by atoms with Crippen molar-refractivity contribution in [2.75, 3.05) is 13.1 Å². The van der Waals surface area contributed by atoms with E-state index < -0.39 is 0 Å². The monoisotopic (exact) mass is 335 g/mol. The number of piperidine rings is 1. The summed E-state index contributed by atoms with van der Waals surface area (Å²) in [7, 11) is 0. The minimum absolute atomic E-state index is 0.0472. The number of hydrogen-bond acceptors (Lipinski definition) is 2. The van der Waals surface area contributed by atoms with E-state index in [9.17, 15) is 9.59 Å². The van der Waals surface area contributed by atoms with Crippen LogP contribution in [-0.2, 0) is 11.3 Å². The predicted octanol–water partition coefficient (Wildman–Crippen LogP) is 2.54. The molecule has 0 radical (unpaired) electrons. The summed E-state index contributed by atoms with van der Waals surface area (Å²) in [6.07, 6.45) is 3.65. The summed E-state index contributed by atoms with van der Waals surface area (Å²) in [5.41, 5.74) is 0.983. The number of hydrogen-bond donors (Lipinski definition) is 2. The number of halogens is 1. The van der Waals surface area contributed by atoms with Crippen molar-refractivity contribution in [2.24, 2.45) is 5.92 Å². The molecule has 5 nitrogen and oxygen atoms in total. The van der Waals surface area contributed by atoms with Crippen LogP contribution in [0.1, 0.15) is 31.2 Å². The number of likely N-dealkylation sites (tertiary alicyclic amines) is 1. The summed E-state index contributed by atoms with van der Waals surface area (Å²) in [5, 5.41) is 6.53. The largest absolute Gasteiger partial charge is 0.356 e. The molecule has 2 atom stereocenters. The Kier molecular flexibility index (Phi) is 5.06. The van der Waals surface area contributed by atoms with Crippen molar-refractivity contribution >= 4 is 23.5 Å². The molecular weight excluding hydrogens is 314 g/mol. The van der Waals surface area contributed by atoms with Crippen molar-refractivity contribution in [2.45, 2.75) is 38.3 Å². The third-order valence-corrected chi connectivity index (χ3v) is 4.93. The normalized spacial score (nSPS) is 24.4. The zero-order chi connectivity index (χ0) is 16.2. The van der Waals surface area contributed by atoms with Gasteiger partial charge < -0.3 is 15.5 Å². The first kappa shape index (κ1) is 16.1. The number of carbonyl (C=O) groups excluding carboxylic acids is 2. The minimum Gasteiger partial charge on any atom is -0.356 e. The Morgan fingerprint density at radius 2 is 2.26 bits per heavy atom. The van der Waals surface area contributed by atoms with E-state index in [1.807, 2.05) is 29.2 Å². The molecule has 2 N–H and O–H groups in total. The van der Waals surface area contributed by atoms with Crippen molar-refractivity contribution in [3.05, 3.63) is 34.9 Å². The smallest absolute Gasteiger partial charge is 0.317 e. The molecule has 1 aromatic rings. The van der Waals surface area contributed by atoms with Crippen LogP contribution in [0.3, 0.4) is 0 Å². The molecule has 0 spiro atoms. The molecule has 2 aliphatic rings. The maximum atomic E-state index is 12.6. The molecule has 0 aliphatic carbocycles. The summed E-state index contributed by atoms with van der Waals surface area (Å²) in [4.78, 5) is 26.0. The fourth-order valence-electron chi connectivity index (χ4n) is 3.53. The standard InChI is InChI=1S/C17H22ClN3O2/c18-14-5-3-4-12(8-14)10-20-17(23)21-7-2-1-6-15(21)13-9-16(22)19-11-13/h3-5,8,13,15H,1-2,6-7,9-11H2,(H,19,22)(H,20,23)/t13-,15-/m1/s1. The van der Waals surface area contributed by atoms with Gasteiger partial charge in [-0.2, -0.15) is 0 Å². The number of benzene rings is 1. The SMILES string of the molecule is O=C1C[C@@H]([C@H]2CCCCN2C(=O)NCc2cccc(Cl)c2)CN1. The van der Waals surface area contributed by atoms with E-state index in [1.54, 1.807) is 0 Å². The van der Waals surface area contributed by atoms with Gasteiger partial charge in [0.1, 0.15) is 0 Å². The first-order valence-electron chi connectivity index (χ1n) is 8.19. The Morgan fingerprint density at radius 1 is 1.39 bits per heavy atom. The van der Waals surface area contributed by atoms with Crippen LogP contribution in [0.5, 0.6) is 0 Å². The van der Waals surface area contributed by atoms with Crippen molar-refractivity contribution in [1.29, 1.82) is 0 Å². The molecule has 0 aromatic heterocycles. The van der Waals surface area contributed by atoms with E-state index in [0.717, 1.165) is 31.4 Å². The molecule has 23 heavy (non-hydrogen) atoms. The molecule has 2 heterocycles. The molecule has 0 unspecified atom stereocenters. The summed E-state index contributed by atoms with van der Waals surface area (Å²) in [6.45, 7) is 1.91. The average Bonchev–Trinajstić information content (AvgIpc) is 2.99. The molecular formula is C17H22ClN3O2. The van der Waals surface area contributed by atoms with Crippen LogP contribution in [0.2, 0.25) is 5.02 Å². The van der Waals surface area contributed by atoms with Gasteiger partial charge in [0.05, 0.1) is 0 Å². The second kappa shape index (κ2) is 7.21. The zero-order valence-electron chi connectivity index (χ0n) is 13.1. The van der Waals surface area contributed by atoms with Crippen molar-refractivity contribution in [3.63, 3.8) is 0 Å². The molecule has 2 aliphatic heterocycles. The first-order chi connectivity index (χ1) is 11.1. The lowest BCUT2D eigenvalue weighted by Crippen LogP contribution is -2.51. The molecule has 0 bridgehead atoms. The number of carbonyl (C=O) groups is 2. The summed E-state index contributed by atoms with van der Waals surface area (Å²) in [6, 6.07) is 7.60. The van der Waals surface area contributed by atoms with Crippen molar-refractivity contribution in [3.8, 4) is 0 Å².